The van der Waals surface area contributed by atoms with E-state index in [4.69, 9.17) is 0 Å². The first-order chi connectivity index (χ1) is 15.9. The minimum atomic E-state index is -2.90. The van der Waals surface area contributed by atoms with E-state index in [0.717, 1.165) is 40.8 Å². The zero-order valence-corrected chi connectivity index (χ0v) is 19.3. The highest BCUT2D eigenvalue weighted by molar-refractivity contribution is 7.91. The molecule has 8 heteroatoms. The van der Waals surface area contributed by atoms with E-state index in [2.05, 4.69) is 9.88 Å². The van der Waals surface area contributed by atoms with Crippen molar-refractivity contribution in [3.63, 3.8) is 0 Å². The third-order valence-electron chi connectivity index (χ3n) is 6.93. The molecule has 3 aromatic rings. The summed E-state index contributed by atoms with van der Waals surface area (Å²) >= 11 is 0. The Morgan fingerprint density at radius 2 is 1.76 bits per heavy atom. The Hall–Kier alpha value is -2.71. The number of hydrogen-bond acceptors (Lipinski definition) is 4. The van der Waals surface area contributed by atoms with Crippen LogP contribution in [0.15, 0.2) is 48.5 Å². The van der Waals surface area contributed by atoms with Gasteiger partial charge in [0.25, 0.3) is 0 Å². The first-order valence-corrected chi connectivity index (χ1v) is 13.3. The molecule has 6 nitrogen and oxygen atoms in total. The second-order valence-corrected chi connectivity index (χ2v) is 11.2. The van der Waals surface area contributed by atoms with Crippen molar-refractivity contribution in [1.29, 1.82) is 0 Å². The molecule has 0 aliphatic carbocycles. The van der Waals surface area contributed by atoms with E-state index in [1.807, 2.05) is 29.2 Å². The SMILES string of the molecule is O=C(CCc1c(-c2ccc(F)cc2)[nH]c2ccccc12)N1CCN([C@H]2CCS(=O)(=O)C2)CC1. The van der Waals surface area contributed by atoms with E-state index in [1.165, 1.54) is 12.1 Å². The summed E-state index contributed by atoms with van der Waals surface area (Å²) in [7, 11) is -2.90. The number of H-pyrrole nitrogens is 1. The fraction of sp³-hybridized carbons (Fsp3) is 0.400. The third-order valence-corrected chi connectivity index (χ3v) is 8.68. The molecule has 1 N–H and O–H groups in total. The number of aryl methyl sites for hydroxylation is 1. The number of carbonyl (C=O) groups is 1. The topological polar surface area (TPSA) is 73.5 Å². The number of para-hydroxylation sites is 1. The van der Waals surface area contributed by atoms with Crippen LogP contribution in [0.2, 0.25) is 0 Å². The van der Waals surface area contributed by atoms with Crippen LogP contribution in [0.3, 0.4) is 0 Å². The van der Waals surface area contributed by atoms with Crippen LogP contribution in [0.1, 0.15) is 18.4 Å². The highest BCUT2D eigenvalue weighted by Gasteiger charge is 2.34. The lowest BCUT2D eigenvalue weighted by Gasteiger charge is -2.37. The second kappa shape index (κ2) is 8.91. The number of nitrogens with zero attached hydrogens (tertiary/aromatic N) is 2. The molecule has 0 unspecified atom stereocenters. The number of hydrogen-bond donors (Lipinski definition) is 1. The third kappa shape index (κ3) is 4.68. The lowest BCUT2D eigenvalue weighted by molar-refractivity contribution is -0.133. The van der Waals surface area contributed by atoms with Gasteiger partial charge in [0.1, 0.15) is 5.82 Å². The maximum atomic E-state index is 13.4. The summed E-state index contributed by atoms with van der Waals surface area (Å²) in [5.74, 6) is 0.357. The van der Waals surface area contributed by atoms with Crippen LogP contribution in [0.4, 0.5) is 4.39 Å². The maximum Gasteiger partial charge on any atom is 0.222 e. The van der Waals surface area contributed by atoms with Crippen LogP contribution in [-0.4, -0.2) is 72.8 Å². The minimum absolute atomic E-state index is 0.0942. The zero-order chi connectivity index (χ0) is 23.0. The molecule has 33 heavy (non-hydrogen) atoms. The molecule has 1 aromatic heterocycles. The lowest BCUT2D eigenvalue weighted by atomic mass is 10.0. The smallest absolute Gasteiger partial charge is 0.222 e. The maximum absolute atomic E-state index is 13.4. The van der Waals surface area contributed by atoms with Gasteiger partial charge in [0.2, 0.25) is 5.91 Å². The summed E-state index contributed by atoms with van der Waals surface area (Å²) in [4.78, 5) is 20.6. The first-order valence-electron chi connectivity index (χ1n) is 11.5. The normalized spacial score (nSPS) is 21.0. The molecule has 2 saturated heterocycles. The van der Waals surface area contributed by atoms with Crippen molar-refractivity contribution in [2.24, 2.45) is 0 Å². The minimum Gasteiger partial charge on any atom is -0.354 e. The number of aromatic amines is 1. The Morgan fingerprint density at radius 3 is 2.45 bits per heavy atom. The van der Waals surface area contributed by atoms with Gasteiger partial charge in [-0.25, -0.2) is 12.8 Å². The van der Waals surface area contributed by atoms with Crippen molar-refractivity contribution in [3.8, 4) is 11.3 Å². The number of nitrogens with one attached hydrogen (secondary N) is 1. The van der Waals surface area contributed by atoms with E-state index >= 15 is 0 Å². The molecular formula is C25H28FN3O3S. The van der Waals surface area contributed by atoms with Crippen LogP contribution in [0.5, 0.6) is 0 Å². The molecule has 2 fully saturated rings. The molecule has 0 bridgehead atoms. The number of piperazine rings is 1. The van der Waals surface area contributed by atoms with Crippen molar-refractivity contribution >= 4 is 26.6 Å². The quantitative estimate of drug-likeness (QED) is 0.623. The Morgan fingerprint density at radius 1 is 1.03 bits per heavy atom. The van der Waals surface area contributed by atoms with E-state index in [1.54, 1.807) is 12.1 Å². The summed E-state index contributed by atoms with van der Waals surface area (Å²) in [5, 5.41) is 1.08. The lowest BCUT2D eigenvalue weighted by Crippen LogP contribution is -2.52. The summed E-state index contributed by atoms with van der Waals surface area (Å²) in [6.45, 7) is 2.71. The largest absolute Gasteiger partial charge is 0.354 e. The van der Waals surface area contributed by atoms with Gasteiger partial charge in [-0.05, 0) is 54.3 Å². The monoisotopic (exact) mass is 469 g/mol. The summed E-state index contributed by atoms with van der Waals surface area (Å²) < 4.78 is 37.0. The number of halogens is 1. The number of benzene rings is 2. The van der Waals surface area contributed by atoms with Crippen LogP contribution >= 0.6 is 0 Å². The molecule has 1 atom stereocenters. The highest BCUT2D eigenvalue weighted by Crippen LogP contribution is 2.31. The molecule has 174 valence electrons. The summed E-state index contributed by atoms with van der Waals surface area (Å²) in [6.07, 6.45) is 1.69. The second-order valence-electron chi connectivity index (χ2n) is 9.00. The van der Waals surface area contributed by atoms with Gasteiger partial charge in [-0.15, -0.1) is 0 Å². The highest BCUT2D eigenvalue weighted by atomic mass is 32.2. The van der Waals surface area contributed by atoms with E-state index in [9.17, 15) is 17.6 Å². The molecule has 2 aliphatic rings. The fourth-order valence-electron chi connectivity index (χ4n) is 5.11. The van der Waals surface area contributed by atoms with E-state index in [0.29, 0.717) is 32.4 Å². The van der Waals surface area contributed by atoms with E-state index in [-0.39, 0.29) is 29.3 Å². The molecule has 3 heterocycles. The Bertz CT molecular complexity index is 1260. The number of amides is 1. The van der Waals surface area contributed by atoms with Crippen molar-refractivity contribution in [2.45, 2.75) is 25.3 Å². The number of aromatic nitrogens is 1. The average Bonchev–Trinajstić information content (AvgIpc) is 3.38. The van der Waals surface area contributed by atoms with E-state index < -0.39 is 9.84 Å². The zero-order valence-electron chi connectivity index (χ0n) is 18.5. The van der Waals surface area contributed by atoms with Crippen LogP contribution in [0, 0.1) is 5.82 Å². The van der Waals surface area contributed by atoms with Crippen molar-refractivity contribution in [1.82, 2.24) is 14.8 Å². The predicted molar refractivity (Wildman–Crippen MR) is 127 cm³/mol. The van der Waals surface area contributed by atoms with Gasteiger partial charge in [-0.3, -0.25) is 9.69 Å². The Balaban J connectivity index is 1.26. The average molecular weight is 470 g/mol. The molecule has 0 spiro atoms. The van der Waals surface area contributed by atoms with Crippen LogP contribution in [0.25, 0.3) is 22.2 Å². The summed E-state index contributed by atoms with van der Waals surface area (Å²) in [5.41, 5.74) is 3.89. The summed E-state index contributed by atoms with van der Waals surface area (Å²) in [6, 6.07) is 14.5. The van der Waals surface area contributed by atoms with Gasteiger partial charge in [-0.1, -0.05) is 18.2 Å². The molecule has 0 radical (unpaired) electrons. The molecule has 1 amide bonds. The van der Waals surface area contributed by atoms with Crippen molar-refractivity contribution in [2.75, 3.05) is 37.7 Å². The van der Waals surface area contributed by atoms with Crippen LogP contribution < -0.4 is 0 Å². The number of sulfone groups is 1. The van der Waals surface area contributed by atoms with Crippen molar-refractivity contribution in [3.05, 3.63) is 59.9 Å². The van der Waals surface area contributed by atoms with Gasteiger partial charge in [-0.2, -0.15) is 0 Å². The van der Waals surface area contributed by atoms with Gasteiger partial charge in [0.15, 0.2) is 9.84 Å². The molecule has 2 aliphatic heterocycles. The Labute approximate surface area is 193 Å². The molecule has 0 saturated carbocycles. The Kier molecular flexibility index (Phi) is 5.97. The molecule has 5 rings (SSSR count). The predicted octanol–water partition coefficient (Wildman–Crippen LogP) is 3.24. The van der Waals surface area contributed by atoms with Gasteiger partial charge in [0.05, 0.1) is 11.5 Å². The number of rotatable bonds is 5. The number of carbonyl (C=O) groups excluding carboxylic acids is 1. The van der Waals surface area contributed by atoms with Gasteiger partial charge < -0.3 is 9.88 Å². The van der Waals surface area contributed by atoms with Crippen LogP contribution in [-0.2, 0) is 21.1 Å². The molecule has 2 aromatic carbocycles. The first kappa shape index (κ1) is 22.1. The molecular weight excluding hydrogens is 441 g/mol. The number of fused-ring (bicyclic) bond motifs is 1. The van der Waals surface area contributed by atoms with Gasteiger partial charge in [0, 0.05) is 55.2 Å². The fourth-order valence-corrected chi connectivity index (χ4v) is 6.87. The standard InChI is InChI=1S/C25H28FN3O3S/c26-19-7-5-18(6-8-19)25-22(21-3-1-2-4-23(21)27-25)9-10-24(30)29-14-12-28(13-15-29)20-11-16-33(31,32)17-20/h1-8,20,27H,9-17H2/t20-/m0/s1. The van der Waals surface area contributed by atoms with Gasteiger partial charge >= 0.3 is 0 Å². The van der Waals surface area contributed by atoms with Crippen molar-refractivity contribution < 1.29 is 17.6 Å².